The van der Waals surface area contributed by atoms with Crippen molar-refractivity contribution in [3.05, 3.63) is 58.7 Å². The van der Waals surface area contributed by atoms with Crippen LogP contribution in [-0.4, -0.2) is 28.4 Å². The normalized spacial score (nSPS) is 20.4. The lowest BCUT2D eigenvalue weighted by molar-refractivity contribution is 0.0330. The fourth-order valence-electron chi connectivity index (χ4n) is 2.93. The molecule has 0 atom stereocenters. The predicted octanol–water partition coefficient (Wildman–Crippen LogP) is 2.33. The molecule has 0 saturated heterocycles. The molecule has 0 saturated carbocycles. The summed E-state index contributed by atoms with van der Waals surface area (Å²) in [6.07, 6.45) is -0.585. The van der Waals surface area contributed by atoms with Crippen molar-refractivity contribution in [3.8, 4) is 11.5 Å². The van der Waals surface area contributed by atoms with Crippen LogP contribution in [-0.2, 0) is 0 Å². The molecule has 0 bridgehead atoms. The molecular formula is C16H10O6. The van der Waals surface area contributed by atoms with Crippen LogP contribution >= 0.6 is 0 Å². The SMILES string of the molecule is O=C(O)c1ccc2c(c1)C1c3cc(C(=O)O)ccc3OC1O2. The lowest BCUT2D eigenvalue weighted by Crippen LogP contribution is -2.19. The molecule has 2 aromatic carbocycles. The van der Waals surface area contributed by atoms with E-state index in [1.165, 1.54) is 12.1 Å². The second kappa shape index (κ2) is 4.24. The molecule has 2 aliphatic heterocycles. The third kappa shape index (κ3) is 1.67. The first kappa shape index (κ1) is 12.7. The van der Waals surface area contributed by atoms with Gasteiger partial charge in [0.05, 0.1) is 17.0 Å². The van der Waals surface area contributed by atoms with Crippen molar-refractivity contribution in [1.29, 1.82) is 0 Å². The van der Waals surface area contributed by atoms with E-state index in [1.54, 1.807) is 24.3 Å². The maximum absolute atomic E-state index is 11.1. The molecule has 2 heterocycles. The van der Waals surface area contributed by atoms with Crippen molar-refractivity contribution in [1.82, 2.24) is 0 Å². The van der Waals surface area contributed by atoms with E-state index in [0.29, 0.717) is 22.6 Å². The summed E-state index contributed by atoms with van der Waals surface area (Å²) in [7, 11) is 0. The van der Waals surface area contributed by atoms with Gasteiger partial charge in [-0.15, -0.1) is 0 Å². The van der Waals surface area contributed by atoms with E-state index in [9.17, 15) is 9.59 Å². The molecule has 0 fully saturated rings. The van der Waals surface area contributed by atoms with Crippen molar-refractivity contribution in [3.63, 3.8) is 0 Å². The Morgan fingerprint density at radius 1 is 0.818 bits per heavy atom. The fourth-order valence-corrected chi connectivity index (χ4v) is 2.93. The van der Waals surface area contributed by atoms with Gasteiger partial charge in [-0.2, -0.15) is 0 Å². The molecule has 22 heavy (non-hydrogen) atoms. The second-order valence-corrected chi connectivity index (χ2v) is 5.20. The van der Waals surface area contributed by atoms with Crippen molar-refractivity contribution in [2.75, 3.05) is 0 Å². The topological polar surface area (TPSA) is 93.1 Å². The van der Waals surface area contributed by atoms with Crippen molar-refractivity contribution < 1.29 is 29.3 Å². The summed E-state index contributed by atoms with van der Waals surface area (Å²) < 4.78 is 11.4. The zero-order valence-corrected chi connectivity index (χ0v) is 11.1. The zero-order chi connectivity index (χ0) is 15.4. The van der Waals surface area contributed by atoms with E-state index in [-0.39, 0.29) is 17.0 Å². The van der Waals surface area contributed by atoms with Gasteiger partial charge in [0.25, 0.3) is 6.29 Å². The third-order valence-corrected chi connectivity index (χ3v) is 3.94. The van der Waals surface area contributed by atoms with Crippen LogP contribution < -0.4 is 9.47 Å². The largest absolute Gasteiger partial charge is 0.478 e. The van der Waals surface area contributed by atoms with Gasteiger partial charge in [-0.25, -0.2) is 9.59 Å². The highest BCUT2D eigenvalue weighted by Crippen LogP contribution is 2.50. The highest BCUT2D eigenvalue weighted by molar-refractivity contribution is 5.89. The summed E-state index contributed by atoms with van der Waals surface area (Å²) in [5.74, 6) is -1.24. The average Bonchev–Trinajstić information content (AvgIpc) is 3.00. The maximum atomic E-state index is 11.1. The van der Waals surface area contributed by atoms with E-state index >= 15 is 0 Å². The predicted molar refractivity (Wildman–Crippen MR) is 73.7 cm³/mol. The molecule has 6 heteroatoms. The second-order valence-electron chi connectivity index (χ2n) is 5.20. The number of hydrogen-bond donors (Lipinski definition) is 2. The molecule has 2 aromatic rings. The minimum Gasteiger partial charge on any atom is -0.478 e. The number of hydrogen-bond acceptors (Lipinski definition) is 4. The number of benzene rings is 2. The Labute approximate surface area is 124 Å². The maximum Gasteiger partial charge on any atom is 0.335 e. The van der Waals surface area contributed by atoms with E-state index < -0.39 is 18.2 Å². The number of carboxylic acid groups (broad SMARTS) is 2. The van der Waals surface area contributed by atoms with Crippen LogP contribution in [0.1, 0.15) is 37.8 Å². The number of fused-ring (bicyclic) bond motifs is 5. The van der Waals surface area contributed by atoms with Crippen molar-refractivity contribution in [2.24, 2.45) is 0 Å². The fraction of sp³-hybridized carbons (Fsp3) is 0.125. The first-order chi connectivity index (χ1) is 10.5. The highest BCUT2D eigenvalue weighted by Gasteiger charge is 2.44. The molecule has 0 aromatic heterocycles. The van der Waals surface area contributed by atoms with Crippen LogP contribution in [0.5, 0.6) is 11.5 Å². The summed E-state index contributed by atoms with van der Waals surface area (Å²) >= 11 is 0. The number of carbonyl (C=O) groups is 2. The van der Waals surface area contributed by atoms with Gasteiger partial charge in [-0.05, 0) is 36.4 Å². The van der Waals surface area contributed by atoms with E-state index in [2.05, 4.69) is 0 Å². The molecule has 0 unspecified atom stereocenters. The molecule has 110 valence electrons. The van der Waals surface area contributed by atoms with Gasteiger partial charge in [-0.1, -0.05) is 0 Å². The number of carboxylic acids is 2. The lowest BCUT2D eigenvalue weighted by atomic mass is 9.91. The molecule has 2 aliphatic rings. The minimum atomic E-state index is -1.02. The Morgan fingerprint density at radius 2 is 1.27 bits per heavy atom. The quantitative estimate of drug-likeness (QED) is 0.884. The Balaban J connectivity index is 1.85. The summed E-state index contributed by atoms with van der Waals surface area (Å²) in [4.78, 5) is 22.3. The Morgan fingerprint density at radius 3 is 1.68 bits per heavy atom. The van der Waals surface area contributed by atoms with Crippen molar-refractivity contribution >= 4 is 11.9 Å². The molecule has 2 N–H and O–H groups in total. The molecule has 0 spiro atoms. The Bertz CT molecular complexity index is 758. The first-order valence-corrected chi connectivity index (χ1v) is 6.62. The van der Waals surface area contributed by atoms with Gasteiger partial charge in [0, 0.05) is 11.1 Å². The van der Waals surface area contributed by atoms with Crippen LogP contribution in [0.4, 0.5) is 0 Å². The highest BCUT2D eigenvalue weighted by atomic mass is 16.7. The van der Waals surface area contributed by atoms with Gasteiger partial charge >= 0.3 is 11.9 Å². The number of aromatic carboxylic acids is 2. The molecule has 0 aliphatic carbocycles. The number of rotatable bonds is 2. The number of ether oxygens (including phenoxy) is 2. The van der Waals surface area contributed by atoms with Crippen molar-refractivity contribution in [2.45, 2.75) is 12.2 Å². The average molecular weight is 298 g/mol. The van der Waals surface area contributed by atoms with Crippen LogP contribution in [0.15, 0.2) is 36.4 Å². The molecule has 4 rings (SSSR count). The van der Waals surface area contributed by atoms with Crippen LogP contribution in [0.25, 0.3) is 0 Å². The Hall–Kier alpha value is -3.02. The summed E-state index contributed by atoms with van der Waals surface area (Å²) in [5, 5.41) is 18.2. The zero-order valence-electron chi connectivity index (χ0n) is 11.1. The van der Waals surface area contributed by atoms with Crippen LogP contribution in [0.2, 0.25) is 0 Å². The van der Waals surface area contributed by atoms with Gasteiger partial charge in [0.1, 0.15) is 11.5 Å². The standard InChI is InChI=1S/C16H10O6/c17-14(18)7-1-3-11-9(5-7)13-10-6-8(15(19)20)2-4-12(10)22-16(13)21-11/h1-6,13,16H,(H,17,18)(H,19,20). The van der Waals surface area contributed by atoms with Gasteiger partial charge in [0.2, 0.25) is 0 Å². The first-order valence-electron chi connectivity index (χ1n) is 6.62. The molecule has 6 nitrogen and oxygen atoms in total. The molecule has 0 radical (unpaired) electrons. The van der Waals surface area contributed by atoms with E-state index in [0.717, 1.165) is 0 Å². The summed E-state index contributed by atoms with van der Waals surface area (Å²) in [6, 6.07) is 9.23. The third-order valence-electron chi connectivity index (χ3n) is 3.94. The summed E-state index contributed by atoms with van der Waals surface area (Å²) in [6.45, 7) is 0. The summed E-state index contributed by atoms with van der Waals surface area (Å²) in [5.41, 5.74) is 1.72. The monoisotopic (exact) mass is 298 g/mol. The van der Waals surface area contributed by atoms with Gasteiger partial charge in [0.15, 0.2) is 0 Å². The van der Waals surface area contributed by atoms with Gasteiger partial charge in [-0.3, -0.25) is 0 Å². The van der Waals surface area contributed by atoms with Crippen LogP contribution in [0, 0.1) is 0 Å². The lowest BCUT2D eigenvalue weighted by Gasteiger charge is -2.08. The molecule has 0 amide bonds. The smallest absolute Gasteiger partial charge is 0.335 e. The van der Waals surface area contributed by atoms with E-state index in [4.69, 9.17) is 19.7 Å². The van der Waals surface area contributed by atoms with E-state index in [1.807, 2.05) is 0 Å². The Kier molecular flexibility index (Phi) is 2.45. The minimum absolute atomic E-state index is 0.158. The van der Waals surface area contributed by atoms with Crippen LogP contribution in [0.3, 0.4) is 0 Å². The van der Waals surface area contributed by atoms with Gasteiger partial charge < -0.3 is 19.7 Å². The molecular weight excluding hydrogens is 288 g/mol.